The molecule has 0 aromatic heterocycles. The second kappa shape index (κ2) is 9.71. The number of carbonyl (C=O) groups excluding carboxylic acids is 2. The highest BCUT2D eigenvalue weighted by Crippen LogP contribution is 2.20. The van der Waals surface area contributed by atoms with Gasteiger partial charge in [0.1, 0.15) is 12.2 Å². The van der Waals surface area contributed by atoms with E-state index in [1.807, 2.05) is 0 Å². The Morgan fingerprint density at radius 1 is 1.12 bits per heavy atom. The van der Waals surface area contributed by atoms with Gasteiger partial charge in [0.2, 0.25) is 0 Å². The summed E-state index contributed by atoms with van der Waals surface area (Å²) in [5.41, 5.74) is -0.493. The van der Waals surface area contributed by atoms with Crippen LogP contribution in [0.5, 0.6) is 0 Å². The lowest BCUT2D eigenvalue weighted by Gasteiger charge is -2.16. The van der Waals surface area contributed by atoms with Crippen LogP contribution in [0.3, 0.4) is 0 Å². The summed E-state index contributed by atoms with van der Waals surface area (Å²) in [7, 11) is 0. The summed E-state index contributed by atoms with van der Waals surface area (Å²) in [5, 5.41) is 2.56. The molecule has 0 aliphatic rings. The predicted octanol–water partition coefficient (Wildman–Crippen LogP) is 3.35. The Kier molecular flexibility index (Phi) is 7.97. The normalized spacial score (nSPS) is 12.5. The van der Waals surface area contributed by atoms with Crippen LogP contribution in [0.2, 0.25) is 0 Å². The summed E-state index contributed by atoms with van der Waals surface area (Å²) in [6.45, 7) is 4.78. The van der Waals surface area contributed by atoms with Gasteiger partial charge in [0.05, 0.1) is 18.3 Å². The van der Waals surface area contributed by atoms with Crippen LogP contribution in [0.15, 0.2) is 23.8 Å². The van der Waals surface area contributed by atoms with Crippen molar-refractivity contribution < 1.29 is 32.2 Å². The summed E-state index contributed by atoms with van der Waals surface area (Å²) in [5.74, 6) is -5.92. The number of esters is 2. The van der Waals surface area contributed by atoms with E-state index in [-0.39, 0.29) is 24.5 Å². The van der Waals surface area contributed by atoms with Gasteiger partial charge >= 0.3 is 11.9 Å². The molecule has 0 radical (unpaired) electrons. The quantitative estimate of drug-likeness (QED) is 0.254. The fourth-order valence-electron chi connectivity index (χ4n) is 1.89. The summed E-state index contributed by atoms with van der Waals surface area (Å²) < 4.78 is 49.4. The number of nitrogens with one attached hydrogen (secondary N) is 1. The molecule has 0 heterocycles. The molecule has 1 aromatic rings. The Balaban J connectivity index is 2.67. The Morgan fingerprint density at radius 2 is 1.76 bits per heavy atom. The minimum Gasteiger partial charge on any atom is -0.462 e. The third-order valence-electron chi connectivity index (χ3n) is 3.03. The number of allylic oxidation sites excluding steroid dienone is 1. The number of benzene rings is 1. The first kappa shape index (κ1) is 20.5. The van der Waals surface area contributed by atoms with Crippen LogP contribution in [0.25, 0.3) is 0 Å². The molecule has 25 heavy (non-hydrogen) atoms. The lowest BCUT2D eigenvalue weighted by molar-refractivity contribution is -0.147. The van der Waals surface area contributed by atoms with E-state index < -0.39 is 35.4 Å². The van der Waals surface area contributed by atoms with Crippen molar-refractivity contribution in [1.82, 2.24) is 0 Å². The number of rotatable bonds is 8. The predicted molar refractivity (Wildman–Crippen MR) is 85.4 cm³/mol. The van der Waals surface area contributed by atoms with E-state index in [4.69, 9.17) is 9.47 Å². The molecule has 0 aliphatic heterocycles. The molecule has 0 bridgehead atoms. The maximum absolute atomic E-state index is 13.6. The number of carbonyl (C=O) groups is 2. The smallest absolute Gasteiger partial charge is 0.345 e. The SMILES string of the molecule is CCC=C(C(=O)OCC)C(=O)OC[C@H](C)Nc1ccc(F)c(F)c1F. The van der Waals surface area contributed by atoms with Gasteiger partial charge in [-0.1, -0.05) is 13.0 Å². The van der Waals surface area contributed by atoms with Crippen LogP contribution >= 0.6 is 0 Å². The van der Waals surface area contributed by atoms with E-state index in [9.17, 15) is 22.8 Å². The van der Waals surface area contributed by atoms with Gasteiger partial charge in [-0.05, 0) is 32.4 Å². The van der Waals surface area contributed by atoms with Crippen molar-refractivity contribution in [2.45, 2.75) is 33.2 Å². The molecule has 0 saturated carbocycles. The van der Waals surface area contributed by atoms with Gasteiger partial charge < -0.3 is 14.8 Å². The zero-order valence-corrected chi connectivity index (χ0v) is 14.2. The van der Waals surface area contributed by atoms with Crippen LogP contribution in [-0.2, 0) is 19.1 Å². The number of ether oxygens (including phenoxy) is 2. The Labute approximate surface area is 143 Å². The molecule has 0 unspecified atom stereocenters. The van der Waals surface area contributed by atoms with Gasteiger partial charge in [0, 0.05) is 0 Å². The molecule has 0 aliphatic carbocycles. The first-order chi connectivity index (χ1) is 11.8. The molecule has 1 atom stereocenters. The topological polar surface area (TPSA) is 64.6 Å². The number of anilines is 1. The lowest BCUT2D eigenvalue weighted by Crippen LogP contribution is -2.27. The highest BCUT2D eigenvalue weighted by molar-refractivity contribution is 6.14. The molecule has 0 amide bonds. The molecule has 0 spiro atoms. The van der Waals surface area contributed by atoms with E-state index in [1.54, 1.807) is 20.8 Å². The van der Waals surface area contributed by atoms with Crippen molar-refractivity contribution in [1.29, 1.82) is 0 Å². The van der Waals surface area contributed by atoms with E-state index in [0.29, 0.717) is 6.42 Å². The molecular formula is C17H20F3NO4. The van der Waals surface area contributed by atoms with Crippen LogP contribution in [0, 0.1) is 17.5 Å². The molecular weight excluding hydrogens is 339 g/mol. The van der Waals surface area contributed by atoms with Crippen LogP contribution in [-0.4, -0.2) is 31.2 Å². The highest BCUT2D eigenvalue weighted by atomic mass is 19.2. The van der Waals surface area contributed by atoms with Gasteiger partial charge in [-0.15, -0.1) is 0 Å². The van der Waals surface area contributed by atoms with Crippen LogP contribution in [0.4, 0.5) is 18.9 Å². The third kappa shape index (κ3) is 5.81. The zero-order chi connectivity index (χ0) is 19.0. The molecule has 0 fully saturated rings. The molecule has 1 rings (SSSR count). The summed E-state index contributed by atoms with van der Waals surface area (Å²) in [4.78, 5) is 23.7. The van der Waals surface area contributed by atoms with Gasteiger partial charge in [0.15, 0.2) is 17.5 Å². The molecule has 1 N–H and O–H groups in total. The van der Waals surface area contributed by atoms with Gasteiger partial charge in [0.25, 0.3) is 0 Å². The van der Waals surface area contributed by atoms with E-state index in [0.717, 1.165) is 12.1 Å². The van der Waals surface area contributed by atoms with Crippen molar-refractivity contribution in [2.24, 2.45) is 0 Å². The molecule has 138 valence electrons. The third-order valence-corrected chi connectivity index (χ3v) is 3.03. The summed E-state index contributed by atoms with van der Waals surface area (Å²) in [6, 6.07) is 1.20. The van der Waals surface area contributed by atoms with E-state index in [2.05, 4.69) is 5.32 Å². The summed E-state index contributed by atoms with van der Waals surface area (Å²) >= 11 is 0. The average Bonchev–Trinajstić information content (AvgIpc) is 2.58. The van der Waals surface area contributed by atoms with Gasteiger partial charge in [-0.2, -0.15) is 0 Å². The Bertz CT molecular complexity index is 662. The monoisotopic (exact) mass is 359 g/mol. The Morgan fingerprint density at radius 3 is 2.36 bits per heavy atom. The minimum absolute atomic E-state index is 0.112. The lowest BCUT2D eigenvalue weighted by atomic mass is 10.2. The van der Waals surface area contributed by atoms with Crippen LogP contribution in [0.1, 0.15) is 27.2 Å². The average molecular weight is 359 g/mol. The molecule has 1 aromatic carbocycles. The maximum Gasteiger partial charge on any atom is 0.345 e. The fraction of sp³-hybridized carbons (Fsp3) is 0.412. The van der Waals surface area contributed by atoms with Crippen molar-refractivity contribution in [3.8, 4) is 0 Å². The standard InChI is InChI=1S/C17H20F3NO4/c1-4-6-11(16(22)24-5-2)17(23)25-9-10(3)21-13-8-7-12(18)14(19)15(13)20/h6-8,10,21H,4-5,9H2,1-3H3/t10-/m0/s1. The van der Waals surface area contributed by atoms with E-state index in [1.165, 1.54) is 6.08 Å². The van der Waals surface area contributed by atoms with Gasteiger partial charge in [-0.3, -0.25) is 0 Å². The second-order valence-corrected chi connectivity index (χ2v) is 5.11. The highest BCUT2D eigenvalue weighted by Gasteiger charge is 2.22. The van der Waals surface area contributed by atoms with Crippen molar-refractivity contribution >= 4 is 17.6 Å². The molecule has 5 nitrogen and oxygen atoms in total. The molecule has 8 heteroatoms. The maximum atomic E-state index is 13.6. The number of hydrogen-bond acceptors (Lipinski definition) is 5. The molecule has 0 saturated heterocycles. The van der Waals surface area contributed by atoms with Crippen LogP contribution < -0.4 is 5.32 Å². The van der Waals surface area contributed by atoms with E-state index >= 15 is 0 Å². The van der Waals surface area contributed by atoms with Gasteiger partial charge in [-0.25, -0.2) is 22.8 Å². The Hall–Kier alpha value is -2.51. The fourth-order valence-corrected chi connectivity index (χ4v) is 1.89. The minimum atomic E-state index is -1.59. The largest absolute Gasteiger partial charge is 0.462 e. The number of halogens is 3. The number of hydrogen-bond donors (Lipinski definition) is 1. The first-order valence-electron chi connectivity index (χ1n) is 7.76. The van der Waals surface area contributed by atoms with Crippen molar-refractivity contribution in [3.63, 3.8) is 0 Å². The zero-order valence-electron chi connectivity index (χ0n) is 14.2. The first-order valence-corrected chi connectivity index (χ1v) is 7.76. The van der Waals surface area contributed by atoms with Crippen molar-refractivity contribution in [3.05, 3.63) is 41.2 Å². The summed E-state index contributed by atoms with van der Waals surface area (Å²) in [6.07, 6.45) is 1.81. The second-order valence-electron chi connectivity index (χ2n) is 5.11. The van der Waals surface area contributed by atoms with Crippen molar-refractivity contribution in [2.75, 3.05) is 18.5 Å².